The van der Waals surface area contributed by atoms with Crippen LogP contribution in [0.4, 0.5) is 11.5 Å². The fourth-order valence-corrected chi connectivity index (χ4v) is 1.64. The van der Waals surface area contributed by atoms with Gasteiger partial charge in [-0.25, -0.2) is 14.8 Å². The molecular formula is C14H15N3O3. The van der Waals surface area contributed by atoms with Crippen LogP contribution in [0, 0.1) is 0 Å². The maximum absolute atomic E-state index is 11.3. The minimum absolute atomic E-state index is 0.180. The van der Waals surface area contributed by atoms with Crippen molar-refractivity contribution in [2.45, 2.75) is 0 Å². The lowest BCUT2D eigenvalue weighted by atomic mass is 10.3. The first-order valence-corrected chi connectivity index (χ1v) is 5.94. The number of nitrogens with zero attached hydrogens (tertiary/aromatic N) is 3. The normalized spacial score (nSPS) is 9.95. The first-order valence-electron chi connectivity index (χ1n) is 5.94. The molecule has 0 fully saturated rings. The Morgan fingerprint density at radius 3 is 2.30 bits per heavy atom. The van der Waals surface area contributed by atoms with Gasteiger partial charge < -0.3 is 14.4 Å². The Bertz CT molecular complexity index is 582. The smallest absolute Gasteiger partial charge is 0.358 e. The number of aromatic nitrogens is 2. The highest BCUT2D eigenvalue weighted by molar-refractivity contribution is 5.86. The van der Waals surface area contributed by atoms with Crippen molar-refractivity contribution in [1.82, 2.24) is 9.97 Å². The van der Waals surface area contributed by atoms with Gasteiger partial charge in [0.05, 0.1) is 26.6 Å². The zero-order chi connectivity index (χ0) is 14.5. The number of carbonyl (C=O) groups excluding carboxylic acids is 1. The van der Waals surface area contributed by atoms with Gasteiger partial charge in [-0.3, -0.25) is 0 Å². The second-order valence-corrected chi connectivity index (χ2v) is 4.01. The summed E-state index contributed by atoms with van der Waals surface area (Å²) in [5.41, 5.74) is 1.12. The second-order valence-electron chi connectivity index (χ2n) is 4.01. The average molecular weight is 273 g/mol. The molecule has 0 unspecified atom stereocenters. The van der Waals surface area contributed by atoms with Crippen molar-refractivity contribution in [3.05, 3.63) is 42.4 Å². The van der Waals surface area contributed by atoms with Gasteiger partial charge in [-0.1, -0.05) is 0 Å². The van der Waals surface area contributed by atoms with Gasteiger partial charge >= 0.3 is 5.97 Å². The highest BCUT2D eigenvalue weighted by Gasteiger charge is 2.10. The van der Waals surface area contributed by atoms with Crippen LogP contribution in [0.1, 0.15) is 10.5 Å². The van der Waals surface area contributed by atoms with Crippen LogP contribution >= 0.6 is 0 Å². The Kier molecular flexibility index (Phi) is 4.14. The van der Waals surface area contributed by atoms with E-state index in [2.05, 4.69) is 14.7 Å². The Morgan fingerprint density at radius 1 is 1.10 bits per heavy atom. The first kappa shape index (κ1) is 13.8. The van der Waals surface area contributed by atoms with E-state index in [4.69, 9.17) is 4.74 Å². The van der Waals surface area contributed by atoms with Crippen molar-refractivity contribution in [2.24, 2.45) is 0 Å². The van der Waals surface area contributed by atoms with Gasteiger partial charge in [0.2, 0.25) is 0 Å². The van der Waals surface area contributed by atoms with Gasteiger partial charge in [0, 0.05) is 12.7 Å². The van der Waals surface area contributed by atoms with Gasteiger partial charge in [0.1, 0.15) is 5.75 Å². The van der Waals surface area contributed by atoms with E-state index < -0.39 is 5.97 Å². The fourth-order valence-electron chi connectivity index (χ4n) is 1.64. The van der Waals surface area contributed by atoms with E-state index in [9.17, 15) is 4.79 Å². The SMILES string of the molecule is COC(=O)c1cnc(N(C)c2ccc(OC)cc2)cn1. The van der Waals surface area contributed by atoms with E-state index in [1.165, 1.54) is 19.5 Å². The Balaban J connectivity index is 2.19. The van der Waals surface area contributed by atoms with Gasteiger partial charge in [-0.15, -0.1) is 0 Å². The average Bonchev–Trinajstić information content (AvgIpc) is 2.53. The molecule has 1 heterocycles. The monoisotopic (exact) mass is 273 g/mol. The summed E-state index contributed by atoms with van der Waals surface area (Å²) in [6.45, 7) is 0. The molecule has 6 heteroatoms. The largest absolute Gasteiger partial charge is 0.497 e. The van der Waals surface area contributed by atoms with E-state index in [0.29, 0.717) is 5.82 Å². The molecule has 0 bridgehead atoms. The second kappa shape index (κ2) is 6.01. The quantitative estimate of drug-likeness (QED) is 0.794. The van der Waals surface area contributed by atoms with Crippen molar-refractivity contribution >= 4 is 17.5 Å². The molecule has 0 radical (unpaired) electrons. The van der Waals surface area contributed by atoms with Crippen LogP contribution in [0.15, 0.2) is 36.7 Å². The molecule has 0 aliphatic heterocycles. The highest BCUT2D eigenvalue weighted by atomic mass is 16.5. The Labute approximate surface area is 117 Å². The lowest BCUT2D eigenvalue weighted by Crippen LogP contribution is -2.13. The van der Waals surface area contributed by atoms with E-state index in [1.807, 2.05) is 36.2 Å². The van der Waals surface area contributed by atoms with Crippen LogP contribution in [-0.2, 0) is 4.74 Å². The third-order valence-corrected chi connectivity index (χ3v) is 2.84. The summed E-state index contributed by atoms with van der Waals surface area (Å²) in [4.78, 5) is 21.4. The molecular weight excluding hydrogens is 258 g/mol. The topological polar surface area (TPSA) is 64.5 Å². The number of rotatable bonds is 4. The molecule has 20 heavy (non-hydrogen) atoms. The third kappa shape index (κ3) is 2.85. The van der Waals surface area contributed by atoms with Gasteiger partial charge in [-0.05, 0) is 24.3 Å². The molecule has 2 aromatic rings. The molecule has 0 aliphatic carbocycles. The summed E-state index contributed by atoms with van der Waals surface area (Å²) in [5.74, 6) is 0.910. The summed E-state index contributed by atoms with van der Waals surface area (Å²) in [6.07, 6.45) is 2.91. The lowest BCUT2D eigenvalue weighted by molar-refractivity contribution is 0.0593. The molecule has 2 rings (SSSR count). The number of esters is 1. The van der Waals surface area contributed by atoms with Crippen LogP contribution in [0.5, 0.6) is 5.75 Å². The third-order valence-electron chi connectivity index (χ3n) is 2.84. The number of ether oxygens (including phenoxy) is 2. The first-order chi connectivity index (χ1) is 9.65. The van der Waals surface area contributed by atoms with Crippen LogP contribution in [0.2, 0.25) is 0 Å². The molecule has 1 aromatic carbocycles. The maximum Gasteiger partial charge on any atom is 0.358 e. The minimum Gasteiger partial charge on any atom is -0.497 e. The predicted octanol–water partition coefficient (Wildman–Crippen LogP) is 2.04. The molecule has 1 aromatic heterocycles. The summed E-state index contributed by atoms with van der Waals surface area (Å²) < 4.78 is 9.69. The van der Waals surface area contributed by atoms with Crippen molar-refractivity contribution < 1.29 is 14.3 Å². The van der Waals surface area contributed by atoms with Crippen LogP contribution < -0.4 is 9.64 Å². The van der Waals surface area contributed by atoms with E-state index in [1.54, 1.807) is 7.11 Å². The summed E-state index contributed by atoms with van der Waals surface area (Å²) in [6, 6.07) is 7.55. The molecule has 0 amide bonds. The van der Waals surface area contributed by atoms with Crippen LogP contribution in [0.3, 0.4) is 0 Å². The predicted molar refractivity (Wildman–Crippen MR) is 74.4 cm³/mol. The number of methoxy groups -OCH3 is 2. The van der Waals surface area contributed by atoms with E-state index >= 15 is 0 Å². The van der Waals surface area contributed by atoms with Crippen molar-refractivity contribution in [3.63, 3.8) is 0 Å². The molecule has 0 atom stereocenters. The number of anilines is 2. The van der Waals surface area contributed by atoms with E-state index in [0.717, 1.165) is 11.4 Å². The molecule has 104 valence electrons. The van der Waals surface area contributed by atoms with Gasteiger partial charge in [-0.2, -0.15) is 0 Å². The summed E-state index contributed by atoms with van der Waals surface area (Å²) in [5, 5.41) is 0. The van der Waals surface area contributed by atoms with Crippen LogP contribution in [0.25, 0.3) is 0 Å². The lowest BCUT2D eigenvalue weighted by Gasteiger charge is -2.18. The number of hydrogen-bond acceptors (Lipinski definition) is 6. The van der Waals surface area contributed by atoms with E-state index in [-0.39, 0.29) is 5.69 Å². The van der Waals surface area contributed by atoms with Gasteiger partial charge in [0.15, 0.2) is 11.5 Å². The van der Waals surface area contributed by atoms with Gasteiger partial charge in [0.25, 0.3) is 0 Å². The Morgan fingerprint density at radius 2 is 1.80 bits per heavy atom. The molecule has 0 N–H and O–H groups in total. The summed E-state index contributed by atoms with van der Waals surface area (Å²) >= 11 is 0. The summed E-state index contributed by atoms with van der Waals surface area (Å²) in [7, 11) is 4.79. The zero-order valence-electron chi connectivity index (χ0n) is 11.5. The zero-order valence-corrected chi connectivity index (χ0v) is 11.5. The molecule has 0 spiro atoms. The molecule has 6 nitrogen and oxygen atoms in total. The molecule has 0 saturated carbocycles. The number of benzene rings is 1. The minimum atomic E-state index is -0.504. The van der Waals surface area contributed by atoms with Crippen molar-refractivity contribution in [1.29, 1.82) is 0 Å². The van der Waals surface area contributed by atoms with Crippen molar-refractivity contribution in [3.8, 4) is 5.75 Å². The molecule has 0 aliphatic rings. The number of hydrogen-bond donors (Lipinski definition) is 0. The van der Waals surface area contributed by atoms with Crippen molar-refractivity contribution in [2.75, 3.05) is 26.2 Å². The fraction of sp³-hybridized carbons (Fsp3) is 0.214. The standard InChI is InChI=1S/C14H15N3O3/c1-17(10-4-6-11(19-2)7-5-10)13-9-15-12(8-16-13)14(18)20-3/h4-9H,1-3H3. The Hall–Kier alpha value is -2.63. The van der Waals surface area contributed by atoms with Crippen LogP contribution in [-0.4, -0.2) is 37.2 Å². The number of carbonyl (C=O) groups is 1. The highest BCUT2D eigenvalue weighted by Crippen LogP contribution is 2.23. The maximum atomic E-state index is 11.3. The molecule has 0 saturated heterocycles.